The minimum absolute atomic E-state index is 0.0381. The molecule has 0 fully saturated rings. The predicted molar refractivity (Wildman–Crippen MR) is 107 cm³/mol. The number of benzene rings is 2. The quantitative estimate of drug-likeness (QED) is 0.275. The number of thiophene rings is 1. The van der Waals surface area contributed by atoms with Gasteiger partial charge in [-0.1, -0.05) is 12.1 Å². The number of hydrogen-bond donors (Lipinski definition) is 1. The molecule has 0 aliphatic carbocycles. The first-order valence-electron chi connectivity index (χ1n) is 8.28. The molecule has 2 aromatic carbocycles. The molecule has 9 nitrogen and oxygen atoms in total. The van der Waals surface area contributed by atoms with Gasteiger partial charge in [0, 0.05) is 27.8 Å². The molecule has 0 saturated heterocycles. The van der Waals surface area contributed by atoms with E-state index in [0.717, 1.165) is 4.70 Å². The summed E-state index contributed by atoms with van der Waals surface area (Å²) in [5, 5.41) is 15.4. The van der Waals surface area contributed by atoms with Crippen molar-refractivity contribution < 1.29 is 24.0 Å². The Morgan fingerprint density at radius 3 is 2.79 bits per heavy atom. The molecular formula is C19H15N3O6S. The van der Waals surface area contributed by atoms with Crippen LogP contribution in [0.4, 0.5) is 5.69 Å². The molecule has 3 aromatic rings. The van der Waals surface area contributed by atoms with E-state index < -0.39 is 16.8 Å². The van der Waals surface area contributed by atoms with Gasteiger partial charge in [-0.05, 0) is 24.3 Å². The van der Waals surface area contributed by atoms with E-state index in [0.29, 0.717) is 21.6 Å². The number of ether oxygens (including phenoxy) is 2. The highest BCUT2D eigenvalue weighted by atomic mass is 32.1. The summed E-state index contributed by atoms with van der Waals surface area (Å²) in [6, 6.07) is 12.8. The second kappa shape index (κ2) is 8.93. The van der Waals surface area contributed by atoms with E-state index in [-0.39, 0.29) is 12.3 Å². The number of nitrogens with zero attached hydrogens (tertiary/aromatic N) is 2. The van der Waals surface area contributed by atoms with E-state index in [9.17, 15) is 19.7 Å². The zero-order valence-electron chi connectivity index (χ0n) is 15.2. The van der Waals surface area contributed by atoms with Gasteiger partial charge < -0.3 is 9.47 Å². The molecule has 0 saturated carbocycles. The first-order valence-corrected chi connectivity index (χ1v) is 9.09. The lowest BCUT2D eigenvalue weighted by molar-refractivity contribution is -0.384. The Balaban J connectivity index is 1.69. The minimum atomic E-state index is -0.518. The lowest BCUT2D eigenvalue weighted by Gasteiger charge is -2.07. The lowest BCUT2D eigenvalue weighted by Crippen LogP contribution is -2.16. The summed E-state index contributed by atoms with van der Waals surface area (Å²) in [6.45, 7) is -0.248. The fourth-order valence-corrected chi connectivity index (χ4v) is 3.32. The van der Waals surface area contributed by atoms with Gasteiger partial charge in [0.2, 0.25) is 0 Å². The minimum Gasteiger partial charge on any atom is -0.481 e. The number of nitro groups is 1. The van der Waals surface area contributed by atoms with Crippen molar-refractivity contribution in [2.75, 3.05) is 13.7 Å². The number of carbonyl (C=O) groups is 2. The number of nitrogens with one attached hydrogen (secondary N) is 1. The molecule has 10 heteroatoms. The number of fused-ring (bicyclic) bond motifs is 1. The number of para-hydroxylation sites is 1. The van der Waals surface area contributed by atoms with Crippen molar-refractivity contribution in [2.45, 2.75) is 0 Å². The fraction of sp³-hybridized carbons (Fsp3) is 0.105. The molecule has 3 rings (SSSR count). The van der Waals surface area contributed by atoms with Crippen LogP contribution in [0.3, 0.4) is 0 Å². The van der Waals surface area contributed by atoms with E-state index in [4.69, 9.17) is 4.74 Å². The zero-order chi connectivity index (χ0) is 20.8. The van der Waals surface area contributed by atoms with Crippen LogP contribution in [0.5, 0.6) is 5.75 Å². The second-order valence-corrected chi connectivity index (χ2v) is 6.78. The Kier molecular flexibility index (Phi) is 6.15. The molecule has 0 aliphatic rings. The maximum atomic E-state index is 12.3. The maximum absolute atomic E-state index is 12.3. The smallest absolute Gasteiger partial charge is 0.343 e. The van der Waals surface area contributed by atoms with Crippen LogP contribution in [0.1, 0.15) is 15.2 Å². The third-order valence-corrected chi connectivity index (χ3v) is 4.91. The number of methoxy groups -OCH3 is 1. The highest BCUT2D eigenvalue weighted by Crippen LogP contribution is 2.28. The molecule has 1 N–H and O–H groups in total. The molecular weight excluding hydrogens is 398 g/mol. The Morgan fingerprint density at radius 2 is 2.03 bits per heavy atom. The van der Waals surface area contributed by atoms with Gasteiger partial charge in [0.25, 0.3) is 11.6 Å². The van der Waals surface area contributed by atoms with E-state index in [1.54, 1.807) is 36.4 Å². The van der Waals surface area contributed by atoms with E-state index >= 15 is 0 Å². The number of hydrogen-bond acceptors (Lipinski definition) is 8. The summed E-state index contributed by atoms with van der Waals surface area (Å²) in [7, 11) is 1.26. The molecule has 1 aromatic heterocycles. The number of rotatable bonds is 7. The first kappa shape index (κ1) is 20.0. The molecule has 148 valence electrons. The largest absolute Gasteiger partial charge is 0.481 e. The molecule has 0 radical (unpaired) electrons. The van der Waals surface area contributed by atoms with Crippen LogP contribution in [-0.4, -0.2) is 36.7 Å². The fourth-order valence-electron chi connectivity index (χ4n) is 2.39. The van der Waals surface area contributed by atoms with Crippen LogP contribution in [0.25, 0.3) is 10.1 Å². The third kappa shape index (κ3) is 4.93. The summed E-state index contributed by atoms with van der Waals surface area (Å²) in [6.07, 6.45) is 1.39. The van der Waals surface area contributed by atoms with Gasteiger partial charge in [-0.3, -0.25) is 14.9 Å². The SMILES string of the molecule is COC(=O)COc1ccccc1C=NNC(=O)c1cc2cc([N+](=O)[O-])ccc2s1. The predicted octanol–water partition coefficient (Wildman–Crippen LogP) is 3.13. The van der Waals surface area contributed by atoms with Gasteiger partial charge in [0.1, 0.15) is 5.75 Å². The molecule has 0 spiro atoms. The highest BCUT2D eigenvalue weighted by molar-refractivity contribution is 7.20. The number of nitro benzene ring substituents is 1. The van der Waals surface area contributed by atoms with Gasteiger partial charge in [0.05, 0.1) is 23.1 Å². The van der Waals surface area contributed by atoms with Gasteiger partial charge >= 0.3 is 5.97 Å². The summed E-state index contributed by atoms with van der Waals surface area (Å²) in [5.41, 5.74) is 2.93. The van der Waals surface area contributed by atoms with Gasteiger partial charge in [0.15, 0.2) is 6.61 Å². The van der Waals surface area contributed by atoms with Crippen LogP contribution in [0, 0.1) is 10.1 Å². The third-order valence-electron chi connectivity index (χ3n) is 3.80. The Bertz CT molecular complexity index is 1110. The van der Waals surface area contributed by atoms with E-state index in [1.165, 1.54) is 36.8 Å². The number of carbonyl (C=O) groups excluding carboxylic acids is 2. The first-order chi connectivity index (χ1) is 14.0. The maximum Gasteiger partial charge on any atom is 0.343 e. The summed E-state index contributed by atoms with van der Waals surface area (Å²) >= 11 is 1.20. The van der Waals surface area contributed by atoms with Gasteiger partial charge in [-0.25, -0.2) is 10.2 Å². The Labute approximate surface area is 168 Å². The van der Waals surface area contributed by atoms with Crippen molar-refractivity contribution in [3.05, 3.63) is 69.1 Å². The average Bonchev–Trinajstić information content (AvgIpc) is 3.16. The van der Waals surface area contributed by atoms with Crippen LogP contribution in [-0.2, 0) is 9.53 Å². The van der Waals surface area contributed by atoms with Crippen molar-refractivity contribution >= 4 is 45.2 Å². The molecule has 0 bridgehead atoms. The van der Waals surface area contributed by atoms with E-state index in [2.05, 4.69) is 15.3 Å². The highest BCUT2D eigenvalue weighted by Gasteiger charge is 2.13. The standard InChI is InChI=1S/C19H15N3O6S/c1-27-18(23)11-28-15-5-3-2-4-12(15)10-20-21-19(24)17-9-13-8-14(22(25)26)6-7-16(13)29-17/h2-10H,11H2,1H3,(H,21,24). The van der Waals surface area contributed by atoms with Crippen molar-refractivity contribution in [3.63, 3.8) is 0 Å². The average molecular weight is 413 g/mol. The topological polar surface area (TPSA) is 120 Å². The molecule has 0 aliphatic heterocycles. The molecule has 1 heterocycles. The zero-order valence-corrected chi connectivity index (χ0v) is 16.0. The lowest BCUT2D eigenvalue weighted by atomic mass is 10.2. The van der Waals surface area contributed by atoms with Crippen molar-refractivity contribution in [1.29, 1.82) is 0 Å². The van der Waals surface area contributed by atoms with Crippen LogP contribution >= 0.6 is 11.3 Å². The summed E-state index contributed by atoms with van der Waals surface area (Å²) < 4.78 is 10.7. The Morgan fingerprint density at radius 1 is 1.24 bits per heavy atom. The molecule has 0 atom stereocenters. The number of non-ortho nitro benzene ring substituents is 1. The molecule has 0 unspecified atom stereocenters. The molecule has 1 amide bonds. The van der Waals surface area contributed by atoms with Crippen molar-refractivity contribution in [1.82, 2.24) is 5.43 Å². The Hall–Kier alpha value is -3.79. The summed E-state index contributed by atoms with van der Waals surface area (Å²) in [5.74, 6) is -0.557. The van der Waals surface area contributed by atoms with Crippen molar-refractivity contribution in [2.24, 2.45) is 5.10 Å². The van der Waals surface area contributed by atoms with Crippen molar-refractivity contribution in [3.8, 4) is 5.75 Å². The normalized spacial score (nSPS) is 10.8. The number of amides is 1. The van der Waals surface area contributed by atoms with Gasteiger partial charge in [-0.15, -0.1) is 11.3 Å². The van der Waals surface area contributed by atoms with Crippen LogP contribution < -0.4 is 10.2 Å². The second-order valence-electron chi connectivity index (χ2n) is 5.69. The van der Waals surface area contributed by atoms with Gasteiger partial charge in [-0.2, -0.15) is 5.10 Å². The van der Waals surface area contributed by atoms with Crippen LogP contribution in [0.2, 0.25) is 0 Å². The number of esters is 1. The summed E-state index contributed by atoms with van der Waals surface area (Å²) in [4.78, 5) is 34.3. The van der Waals surface area contributed by atoms with Crippen LogP contribution in [0.15, 0.2) is 53.6 Å². The monoisotopic (exact) mass is 413 g/mol. The van der Waals surface area contributed by atoms with E-state index in [1.807, 2.05) is 0 Å². The molecule has 29 heavy (non-hydrogen) atoms. The number of hydrazone groups is 1.